The van der Waals surface area contributed by atoms with Gasteiger partial charge < -0.3 is 16.4 Å². The summed E-state index contributed by atoms with van der Waals surface area (Å²) in [4.78, 5) is 22.4. The van der Waals surface area contributed by atoms with Crippen LogP contribution >= 0.6 is 0 Å². The summed E-state index contributed by atoms with van der Waals surface area (Å²) in [7, 11) is 1.45. The molecule has 1 rings (SSSR count). The van der Waals surface area contributed by atoms with Gasteiger partial charge in [-0.25, -0.2) is 4.39 Å². The second-order valence-corrected chi connectivity index (χ2v) is 3.06. The van der Waals surface area contributed by atoms with E-state index in [4.69, 9.17) is 5.73 Å². The average molecular weight is 225 g/mol. The van der Waals surface area contributed by atoms with E-state index in [-0.39, 0.29) is 23.7 Å². The SMILES string of the molecule is CNC(=O)CNC(=O)c1cccc(F)c1N. The Labute approximate surface area is 91.8 Å². The minimum Gasteiger partial charge on any atom is -0.396 e. The second kappa shape index (κ2) is 5.11. The van der Waals surface area contributed by atoms with Gasteiger partial charge in [0.25, 0.3) is 5.91 Å². The van der Waals surface area contributed by atoms with Gasteiger partial charge >= 0.3 is 0 Å². The highest BCUT2D eigenvalue weighted by molar-refractivity contribution is 6.00. The fraction of sp³-hybridized carbons (Fsp3) is 0.200. The lowest BCUT2D eigenvalue weighted by atomic mass is 10.1. The van der Waals surface area contributed by atoms with Gasteiger partial charge in [0, 0.05) is 7.05 Å². The van der Waals surface area contributed by atoms with Crippen molar-refractivity contribution in [3.63, 3.8) is 0 Å². The molecule has 0 heterocycles. The van der Waals surface area contributed by atoms with Crippen molar-refractivity contribution in [2.45, 2.75) is 0 Å². The van der Waals surface area contributed by atoms with Crippen LogP contribution in [-0.4, -0.2) is 25.4 Å². The number of hydrogen-bond donors (Lipinski definition) is 3. The fourth-order valence-electron chi connectivity index (χ4n) is 1.08. The number of nitrogens with two attached hydrogens (primary N) is 1. The molecule has 16 heavy (non-hydrogen) atoms. The van der Waals surface area contributed by atoms with Crippen LogP contribution in [0.1, 0.15) is 10.4 Å². The van der Waals surface area contributed by atoms with E-state index in [9.17, 15) is 14.0 Å². The first kappa shape index (κ1) is 12.0. The Morgan fingerprint density at radius 2 is 2.12 bits per heavy atom. The van der Waals surface area contributed by atoms with Crippen molar-refractivity contribution >= 4 is 17.5 Å². The minimum atomic E-state index is -0.660. The predicted octanol–water partition coefficient (Wildman–Crippen LogP) is -0.116. The predicted molar refractivity (Wildman–Crippen MR) is 57.2 cm³/mol. The maximum atomic E-state index is 13.0. The molecule has 0 aliphatic carbocycles. The lowest BCUT2D eigenvalue weighted by Gasteiger charge is -2.07. The van der Waals surface area contributed by atoms with Crippen LogP contribution in [0.5, 0.6) is 0 Å². The van der Waals surface area contributed by atoms with Crippen LogP contribution in [-0.2, 0) is 4.79 Å². The molecule has 0 saturated heterocycles. The highest BCUT2D eigenvalue weighted by Crippen LogP contribution is 2.15. The summed E-state index contributed by atoms with van der Waals surface area (Å²) in [6, 6.07) is 3.92. The first-order valence-corrected chi connectivity index (χ1v) is 4.59. The standard InChI is InChI=1S/C10H12FN3O2/c1-13-8(15)5-14-10(16)6-3-2-4-7(11)9(6)12/h2-4H,5,12H2,1H3,(H,13,15)(H,14,16). The average Bonchev–Trinajstić information content (AvgIpc) is 2.29. The van der Waals surface area contributed by atoms with Crippen LogP contribution < -0.4 is 16.4 Å². The summed E-state index contributed by atoms with van der Waals surface area (Å²) in [6.07, 6.45) is 0. The van der Waals surface area contributed by atoms with E-state index in [0.717, 1.165) is 6.07 Å². The molecule has 0 radical (unpaired) electrons. The zero-order valence-electron chi connectivity index (χ0n) is 8.71. The summed E-state index contributed by atoms with van der Waals surface area (Å²) in [5.74, 6) is -1.59. The van der Waals surface area contributed by atoms with E-state index in [1.165, 1.54) is 19.2 Å². The molecule has 0 aliphatic rings. The number of carbonyl (C=O) groups is 2. The number of carbonyl (C=O) groups excluding carboxylic acids is 2. The molecule has 0 bridgehead atoms. The molecule has 1 aromatic carbocycles. The van der Waals surface area contributed by atoms with Crippen LogP contribution in [0.3, 0.4) is 0 Å². The number of nitrogen functional groups attached to an aromatic ring is 1. The van der Waals surface area contributed by atoms with Crippen LogP contribution in [0.4, 0.5) is 10.1 Å². The Morgan fingerprint density at radius 1 is 1.44 bits per heavy atom. The fourth-order valence-corrected chi connectivity index (χ4v) is 1.08. The molecule has 86 valence electrons. The third-order valence-corrected chi connectivity index (χ3v) is 1.99. The Hall–Kier alpha value is -2.11. The van der Waals surface area contributed by atoms with Gasteiger partial charge in [0.2, 0.25) is 5.91 Å². The maximum Gasteiger partial charge on any atom is 0.253 e. The quantitative estimate of drug-likeness (QED) is 0.627. The van der Waals surface area contributed by atoms with Gasteiger partial charge in [-0.2, -0.15) is 0 Å². The zero-order valence-corrected chi connectivity index (χ0v) is 8.71. The highest BCUT2D eigenvalue weighted by atomic mass is 19.1. The molecule has 0 atom stereocenters. The molecular weight excluding hydrogens is 213 g/mol. The van der Waals surface area contributed by atoms with E-state index >= 15 is 0 Å². The molecule has 0 saturated carbocycles. The van der Waals surface area contributed by atoms with Crippen molar-refractivity contribution in [1.82, 2.24) is 10.6 Å². The first-order chi connectivity index (χ1) is 7.56. The smallest absolute Gasteiger partial charge is 0.253 e. The summed E-state index contributed by atoms with van der Waals surface area (Å²) in [5.41, 5.74) is 5.18. The van der Waals surface area contributed by atoms with Crippen molar-refractivity contribution in [2.24, 2.45) is 0 Å². The molecule has 0 unspecified atom stereocenters. The summed E-state index contributed by atoms with van der Waals surface area (Å²) < 4.78 is 13.0. The Bertz CT molecular complexity index is 421. The van der Waals surface area contributed by atoms with E-state index in [1.807, 2.05) is 0 Å². The molecule has 0 aromatic heterocycles. The monoisotopic (exact) mass is 225 g/mol. The maximum absolute atomic E-state index is 13.0. The van der Waals surface area contributed by atoms with E-state index < -0.39 is 11.7 Å². The normalized spacial score (nSPS) is 9.62. The number of nitrogens with one attached hydrogen (secondary N) is 2. The van der Waals surface area contributed by atoms with E-state index in [0.29, 0.717) is 0 Å². The molecule has 5 nitrogen and oxygen atoms in total. The summed E-state index contributed by atoms with van der Waals surface area (Å²) >= 11 is 0. The van der Waals surface area contributed by atoms with Gasteiger partial charge in [0.15, 0.2) is 0 Å². The van der Waals surface area contributed by atoms with Crippen molar-refractivity contribution in [1.29, 1.82) is 0 Å². The number of hydrogen-bond acceptors (Lipinski definition) is 3. The van der Waals surface area contributed by atoms with Crippen molar-refractivity contribution < 1.29 is 14.0 Å². The lowest BCUT2D eigenvalue weighted by molar-refractivity contribution is -0.119. The molecule has 0 fully saturated rings. The van der Waals surface area contributed by atoms with Crippen LogP contribution in [0.15, 0.2) is 18.2 Å². The zero-order chi connectivity index (χ0) is 12.1. The van der Waals surface area contributed by atoms with E-state index in [1.54, 1.807) is 0 Å². The van der Waals surface area contributed by atoms with E-state index in [2.05, 4.69) is 10.6 Å². The summed E-state index contributed by atoms with van der Waals surface area (Å²) in [6.45, 7) is -0.175. The Balaban J connectivity index is 2.74. The first-order valence-electron chi connectivity index (χ1n) is 4.59. The van der Waals surface area contributed by atoms with Crippen LogP contribution in [0.25, 0.3) is 0 Å². The third-order valence-electron chi connectivity index (χ3n) is 1.99. The Kier molecular flexibility index (Phi) is 3.82. The number of rotatable bonds is 3. The molecular formula is C10H12FN3O2. The molecule has 6 heteroatoms. The number of likely N-dealkylation sites (N-methyl/N-ethyl adjacent to an activating group) is 1. The molecule has 1 aromatic rings. The highest BCUT2D eigenvalue weighted by Gasteiger charge is 2.12. The largest absolute Gasteiger partial charge is 0.396 e. The number of para-hydroxylation sites is 1. The van der Waals surface area contributed by atoms with Gasteiger partial charge in [-0.1, -0.05) is 6.07 Å². The minimum absolute atomic E-state index is 0.0175. The van der Waals surface area contributed by atoms with Crippen LogP contribution in [0, 0.1) is 5.82 Å². The van der Waals surface area contributed by atoms with Gasteiger partial charge in [0.1, 0.15) is 5.82 Å². The topological polar surface area (TPSA) is 84.2 Å². The molecule has 4 N–H and O–H groups in total. The van der Waals surface area contributed by atoms with Crippen molar-refractivity contribution in [3.05, 3.63) is 29.6 Å². The van der Waals surface area contributed by atoms with Crippen molar-refractivity contribution in [2.75, 3.05) is 19.3 Å². The van der Waals surface area contributed by atoms with Gasteiger partial charge in [-0.05, 0) is 12.1 Å². The van der Waals surface area contributed by atoms with Gasteiger partial charge in [0.05, 0.1) is 17.8 Å². The lowest BCUT2D eigenvalue weighted by Crippen LogP contribution is -2.35. The Morgan fingerprint density at radius 3 is 2.75 bits per heavy atom. The second-order valence-electron chi connectivity index (χ2n) is 3.06. The van der Waals surface area contributed by atoms with Crippen molar-refractivity contribution in [3.8, 4) is 0 Å². The number of amides is 2. The molecule has 0 aliphatic heterocycles. The van der Waals surface area contributed by atoms with Crippen LogP contribution in [0.2, 0.25) is 0 Å². The number of halogens is 1. The number of benzene rings is 1. The summed E-state index contributed by atoms with van der Waals surface area (Å²) in [5, 5.41) is 4.66. The van der Waals surface area contributed by atoms with Gasteiger partial charge in [-0.15, -0.1) is 0 Å². The molecule has 0 spiro atoms. The number of anilines is 1. The van der Waals surface area contributed by atoms with Gasteiger partial charge in [-0.3, -0.25) is 9.59 Å². The third kappa shape index (κ3) is 2.69. The molecule has 2 amide bonds.